The van der Waals surface area contributed by atoms with Crippen LogP contribution >= 0.6 is 0 Å². The van der Waals surface area contributed by atoms with E-state index in [-0.39, 0.29) is 0 Å². The number of benzene rings is 3. The average Bonchev–Trinajstić information content (AvgIpc) is 3.31. The number of hydrogen-bond donors (Lipinski definition) is 0. The van der Waals surface area contributed by atoms with Crippen LogP contribution < -0.4 is 4.74 Å². The molecule has 0 bridgehead atoms. The lowest BCUT2D eigenvalue weighted by atomic mass is 10.1. The second-order valence-electron chi connectivity index (χ2n) is 6.39. The number of hydrogen-bond acceptors (Lipinski definition) is 5. The summed E-state index contributed by atoms with van der Waals surface area (Å²) in [5.41, 5.74) is 2.65. The molecule has 0 aliphatic heterocycles. The summed E-state index contributed by atoms with van der Waals surface area (Å²) in [6.45, 7) is 0.429. The summed E-state index contributed by atoms with van der Waals surface area (Å²) >= 11 is 0. The first-order valence-corrected chi connectivity index (χ1v) is 9.47. The van der Waals surface area contributed by atoms with Gasteiger partial charge in [0.15, 0.2) is 0 Å². The molecule has 0 spiro atoms. The minimum absolute atomic E-state index is 0.429. The van der Waals surface area contributed by atoms with Crippen molar-refractivity contribution in [3.63, 3.8) is 0 Å². The molecular formula is C24H20N4O2. The number of ether oxygens (including phenoxy) is 1. The quantitative estimate of drug-likeness (QED) is 0.234. The zero-order valence-corrected chi connectivity index (χ0v) is 16.2. The van der Waals surface area contributed by atoms with E-state index in [1.807, 2.05) is 91.0 Å². The average molecular weight is 396 g/mol. The van der Waals surface area contributed by atoms with E-state index in [9.17, 15) is 0 Å². The van der Waals surface area contributed by atoms with Gasteiger partial charge in [-0.05, 0) is 48.0 Å². The van der Waals surface area contributed by atoms with E-state index < -0.39 is 0 Å². The van der Waals surface area contributed by atoms with Gasteiger partial charge in [0.2, 0.25) is 0 Å². The molecule has 148 valence electrons. The minimum Gasteiger partial charge on any atom is -0.457 e. The molecule has 1 heterocycles. The van der Waals surface area contributed by atoms with Gasteiger partial charge in [-0.15, -0.1) is 0 Å². The van der Waals surface area contributed by atoms with Gasteiger partial charge in [-0.25, -0.2) is 9.67 Å². The predicted octanol–water partition coefficient (Wildman–Crippen LogP) is 5.16. The number of rotatable bonds is 8. The highest BCUT2D eigenvalue weighted by molar-refractivity contribution is 6.00. The summed E-state index contributed by atoms with van der Waals surface area (Å²) in [5, 5.41) is 8.46. The van der Waals surface area contributed by atoms with Crippen molar-refractivity contribution < 1.29 is 9.57 Å². The van der Waals surface area contributed by atoms with Gasteiger partial charge < -0.3 is 9.57 Å². The molecule has 4 aromatic rings. The maximum atomic E-state index is 5.86. The summed E-state index contributed by atoms with van der Waals surface area (Å²) < 4.78 is 7.55. The summed E-state index contributed by atoms with van der Waals surface area (Å²) in [5.74, 6) is 1.53. The Labute approximate surface area is 174 Å². The fourth-order valence-corrected chi connectivity index (χ4v) is 2.75. The summed E-state index contributed by atoms with van der Waals surface area (Å²) in [7, 11) is 0. The van der Waals surface area contributed by atoms with Crippen molar-refractivity contribution in [2.24, 2.45) is 5.16 Å². The van der Waals surface area contributed by atoms with Crippen molar-refractivity contribution in [3.05, 3.63) is 115 Å². The molecule has 3 aromatic carbocycles. The molecule has 0 radical (unpaired) electrons. The van der Waals surface area contributed by atoms with Crippen molar-refractivity contribution >= 4 is 11.8 Å². The Balaban J connectivity index is 1.49. The van der Waals surface area contributed by atoms with Gasteiger partial charge in [-0.3, -0.25) is 0 Å². The Morgan fingerprint density at radius 1 is 0.867 bits per heavy atom. The molecule has 6 nitrogen and oxygen atoms in total. The van der Waals surface area contributed by atoms with E-state index in [1.165, 1.54) is 6.33 Å². The highest BCUT2D eigenvalue weighted by atomic mass is 16.6. The Hall–Kier alpha value is -4.19. The predicted molar refractivity (Wildman–Crippen MR) is 116 cm³/mol. The van der Waals surface area contributed by atoms with Crippen LogP contribution in [-0.4, -0.2) is 20.5 Å². The van der Waals surface area contributed by atoms with E-state index in [2.05, 4.69) is 15.2 Å². The SMILES string of the molecule is C(=Cc1ccccc1)ON=C(Cn1cncn1)c1ccc(Oc2ccccc2)cc1. The molecule has 0 amide bonds. The lowest BCUT2D eigenvalue weighted by Gasteiger charge is -2.08. The zero-order valence-electron chi connectivity index (χ0n) is 16.2. The van der Waals surface area contributed by atoms with E-state index >= 15 is 0 Å². The Morgan fingerprint density at radius 3 is 2.27 bits per heavy atom. The third-order valence-electron chi connectivity index (χ3n) is 4.23. The molecule has 0 aliphatic rings. The molecule has 0 atom stereocenters. The smallest absolute Gasteiger partial charge is 0.137 e. The van der Waals surface area contributed by atoms with Gasteiger partial charge in [-0.2, -0.15) is 5.10 Å². The topological polar surface area (TPSA) is 61.5 Å². The lowest BCUT2D eigenvalue weighted by Crippen LogP contribution is -2.12. The van der Waals surface area contributed by atoms with Crippen molar-refractivity contribution in [1.82, 2.24) is 14.8 Å². The fraction of sp³-hybridized carbons (Fsp3) is 0.0417. The first-order valence-electron chi connectivity index (χ1n) is 9.47. The molecule has 6 heteroatoms. The molecular weight excluding hydrogens is 376 g/mol. The summed E-state index contributed by atoms with van der Waals surface area (Å²) in [6.07, 6.45) is 6.55. The third kappa shape index (κ3) is 5.42. The van der Waals surface area contributed by atoms with Gasteiger partial charge >= 0.3 is 0 Å². The Bertz CT molecular complexity index is 1090. The first kappa shape index (κ1) is 19.1. The van der Waals surface area contributed by atoms with Gasteiger partial charge in [0.25, 0.3) is 0 Å². The van der Waals surface area contributed by atoms with Gasteiger partial charge in [0, 0.05) is 5.56 Å². The molecule has 0 unspecified atom stereocenters. The monoisotopic (exact) mass is 396 g/mol. The number of para-hydroxylation sites is 1. The fourth-order valence-electron chi connectivity index (χ4n) is 2.75. The maximum Gasteiger partial charge on any atom is 0.137 e. The molecule has 0 saturated carbocycles. The zero-order chi connectivity index (χ0) is 20.4. The van der Waals surface area contributed by atoms with Crippen molar-refractivity contribution in [2.45, 2.75) is 6.54 Å². The van der Waals surface area contributed by atoms with Gasteiger partial charge in [0.1, 0.15) is 36.1 Å². The molecule has 0 fully saturated rings. The standard InChI is InChI=1S/C24H20N4O2/c1-3-7-20(8-4-1)15-16-29-27-24(17-28-19-25-18-26-28)21-11-13-23(14-12-21)30-22-9-5-2-6-10-22/h1-16,18-19H,17H2. The van der Waals surface area contributed by atoms with Crippen LogP contribution in [0.15, 0.2) is 109 Å². The van der Waals surface area contributed by atoms with Crippen molar-refractivity contribution in [3.8, 4) is 11.5 Å². The highest BCUT2D eigenvalue weighted by Crippen LogP contribution is 2.21. The summed E-state index contributed by atoms with van der Waals surface area (Å²) in [6, 6.07) is 27.2. The highest BCUT2D eigenvalue weighted by Gasteiger charge is 2.08. The van der Waals surface area contributed by atoms with Gasteiger partial charge in [-0.1, -0.05) is 53.7 Å². The van der Waals surface area contributed by atoms with Crippen LogP contribution in [0.3, 0.4) is 0 Å². The van der Waals surface area contributed by atoms with Gasteiger partial charge in [0.05, 0.1) is 6.54 Å². The summed E-state index contributed by atoms with van der Waals surface area (Å²) in [4.78, 5) is 9.43. The van der Waals surface area contributed by atoms with E-state index in [0.29, 0.717) is 12.3 Å². The second-order valence-corrected chi connectivity index (χ2v) is 6.39. The first-order chi connectivity index (χ1) is 14.9. The van der Waals surface area contributed by atoms with Crippen LogP contribution in [0.4, 0.5) is 0 Å². The van der Waals surface area contributed by atoms with Crippen LogP contribution in [0.25, 0.3) is 6.08 Å². The molecule has 1 aromatic heterocycles. The van der Waals surface area contributed by atoms with Crippen molar-refractivity contribution in [2.75, 3.05) is 0 Å². The van der Waals surface area contributed by atoms with Crippen LogP contribution in [0.2, 0.25) is 0 Å². The van der Waals surface area contributed by atoms with E-state index in [4.69, 9.17) is 9.57 Å². The largest absolute Gasteiger partial charge is 0.457 e. The third-order valence-corrected chi connectivity index (χ3v) is 4.23. The Morgan fingerprint density at radius 2 is 1.57 bits per heavy atom. The molecule has 4 rings (SSSR count). The van der Waals surface area contributed by atoms with Crippen LogP contribution in [0.5, 0.6) is 11.5 Å². The maximum absolute atomic E-state index is 5.86. The number of aromatic nitrogens is 3. The van der Waals surface area contributed by atoms with Crippen LogP contribution in [-0.2, 0) is 11.4 Å². The molecule has 0 aliphatic carbocycles. The second kappa shape index (κ2) is 9.84. The van der Waals surface area contributed by atoms with Crippen LogP contribution in [0, 0.1) is 0 Å². The van der Waals surface area contributed by atoms with E-state index in [0.717, 1.165) is 22.6 Å². The van der Waals surface area contributed by atoms with E-state index in [1.54, 1.807) is 17.3 Å². The Kier molecular flexibility index (Phi) is 6.28. The molecule has 0 N–H and O–H groups in total. The van der Waals surface area contributed by atoms with Crippen LogP contribution in [0.1, 0.15) is 11.1 Å². The minimum atomic E-state index is 0.429. The number of oxime groups is 1. The normalized spacial score (nSPS) is 11.5. The molecule has 0 saturated heterocycles. The number of nitrogens with zero attached hydrogens (tertiary/aromatic N) is 4. The molecule has 30 heavy (non-hydrogen) atoms. The van der Waals surface area contributed by atoms with Crippen molar-refractivity contribution in [1.29, 1.82) is 0 Å². The lowest BCUT2D eigenvalue weighted by molar-refractivity contribution is 0.269.